The van der Waals surface area contributed by atoms with Crippen LogP contribution in [-0.4, -0.2) is 19.1 Å². The summed E-state index contributed by atoms with van der Waals surface area (Å²) < 4.78 is 5.67. The molecular formula is C11H15NOS2. The molecule has 0 aliphatic carbocycles. The van der Waals surface area contributed by atoms with E-state index in [-0.39, 0.29) is 6.04 Å². The largest absolute Gasteiger partial charge is 0.493 e. The third-order valence-electron chi connectivity index (χ3n) is 2.59. The molecule has 1 aliphatic rings. The lowest BCUT2D eigenvalue weighted by molar-refractivity contribution is 0.265. The standard InChI is InChI=1S/C11H15NOS2/c1-14-7-5-9-11(10(6-7)15-2)8(12)3-4-13-9/h5-6,8H,3-4,12H2,1-2H3. The Balaban J connectivity index is 2.52. The SMILES string of the molecule is CSc1cc2c(c(SC)c1)C(N)CCO2. The lowest BCUT2D eigenvalue weighted by Crippen LogP contribution is -2.21. The summed E-state index contributed by atoms with van der Waals surface area (Å²) in [7, 11) is 0. The molecule has 1 atom stereocenters. The first-order valence-corrected chi connectivity index (χ1v) is 7.35. The highest BCUT2D eigenvalue weighted by atomic mass is 32.2. The summed E-state index contributed by atoms with van der Waals surface area (Å²) in [6.07, 6.45) is 5.08. The molecule has 2 nitrogen and oxygen atoms in total. The average Bonchev–Trinajstić information content (AvgIpc) is 2.27. The van der Waals surface area contributed by atoms with Crippen LogP contribution in [0.25, 0.3) is 0 Å². The summed E-state index contributed by atoms with van der Waals surface area (Å²) in [5, 5.41) is 0. The van der Waals surface area contributed by atoms with Crippen LogP contribution in [0.15, 0.2) is 21.9 Å². The van der Waals surface area contributed by atoms with E-state index in [4.69, 9.17) is 10.5 Å². The van der Waals surface area contributed by atoms with Crippen molar-refractivity contribution < 1.29 is 4.74 Å². The van der Waals surface area contributed by atoms with Gasteiger partial charge in [0.1, 0.15) is 5.75 Å². The zero-order chi connectivity index (χ0) is 10.8. The first kappa shape index (κ1) is 11.2. The average molecular weight is 241 g/mol. The maximum absolute atomic E-state index is 6.11. The summed E-state index contributed by atoms with van der Waals surface area (Å²) in [6.45, 7) is 0.736. The molecule has 1 aromatic carbocycles. The lowest BCUT2D eigenvalue weighted by atomic mass is 10.0. The van der Waals surface area contributed by atoms with Crippen molar-refractivity contribution in [3.8, 4) is 5.75 Å². The number of rotatable bonds is 2. The third-order valence-corrected chi connectivity index (χ3v) is 4.08. The van der Waals surface area contributed by atoms with Gasteiger partial charge in [0.25, 0.3) is 0 Å². The van der Waals surface area contributed by atoms with Gasteiger partial charge in [-0.1, -0.05) is 0 Å². The van der Waals surface area contributed by atoms with Gasteiger partial charge in [-0.05, 0) is 24.6 Å². The number of nitrogens with two attached hydrogens (primary N) is 1. The number of ether oxygens (including phenoxy) is 1. The Hall–Kier alpha value is -0.320. The molecule has 15 heavy (non-hydrogen) atoms. The van der Waals surface area contributed by atoms with Crippen LogP contribution >= 0.6 is 23.5 Å². The quantitative estimate of drug-likeness (QED) is 0.808. The lowest BCUT2D eigenvalue weighted by Gasteiger charge is -2.25. The minimum absolute atomic E-state index is 0.132. The van der Waals surface area contributed by atoms with Gasteiger partial charge in [0, 0.05) is 27.8 Å². The van der Waals surface area contributed by atoms with E-state index in [0.29, 0.717) is 0 Å². The number of benzene rings is 1. The predicted molar refractivity (Wildman–Crippen MR) is 67.0 cm³/mol. The monoisotopic (exact) mass is 241 g/mol. The number of hydrogen-bond acceptors (Lipinski definition) is 4. The number of fused-ring (bicyclic) bond motifs is 1. The van der Waals surface area contributed by atoms with Crippen molar-refractivity contribution in [2.24, 2.45) is 5.73 Å². The van der Waals surface area contributed by atoms with E-state index in [2.05, 4.69) is 24.6 Å². The summed E-state index contributed by atoms with van der Waals surface area (Å²) in [6, 6.07) is 4.42. The van der Waals surface area contributed by atoms with E-state index in [1.807, 2.05) is 0 Å². The molecule has 0 amide bonds. The minimum Gasteiger partial charge on any atom is -0.493 e. The van der Waals surface area contributed by atoms with Crippen LogP contribution < -0.4 is 10.5 Å². The van der Waals surface area contributed by atoms with Crippen LogP contribution in [0.1, 0.15) is 18.0 Å². The van der Waals surface area contributed by atoms with Crippen molar-refractivity contribution >= 4 is 23.5 Å². The Morgan fingerprint density at radius 2 is 2.13 bits per heavy atom. The zero-order valence-corrected chi connectivity index (χ0v) is 10.6. The maximum atomic E-state index is 6.11. The van der Waals surface area contributed by atoms with Gasteiger partial charge in [0.15, 0.2) is 0 Å². The van der Waals surface area contributed by atoms with Crippen molar-refractivity contribution in [1.29, 1.82) is 0 Å². The van der Waals surface area contributed by atoms with E-state index in [9.17, 15) is 0 Å². The first-order valence-electron chi connectivity index (χ1n) is 4.90. The van der Waals surface area contributed by atoms with Gasteiger partial charge in [-0.3, -0.25) is 0 Å². The van der Waals surface area contributed by atoms with Crippen LogP contribution in [0.3, 0.4) is 0 Å². The molecule has 0 spiro atoms. The van der Waals surface area contributed by atoms with Crippen LogP contribution in [0.5, 0.6) is 5.75 Å². The van der Waals surface area contributed by atoms with E-state index in [1.54, 1.807) is 23.5 Å². The van der Waals surface area contributed by atoms with E-state index in [0.717, 1.165) is 18.8 Å². The fourth-order valence-electron chi connectivity index (χ4n) is 1.79. The smallest absolute Gasteiger partial charge is 0.126 e. The van der Waals surface area contributed by atoms with E-state index in [1.165, 1.54) is 15.4 Å². The van der Waals surface area contributed by atoms with Gasteiger partial charge in [0.2, 0.25) is 0 Å². The molecule has 1 aliphatic heterocycles. The second-order valence-electron chi connectivity index (χ2n) is 3.49. The highest BCUT2D eigenvalue weighted by molar-refractivity contribution is 7.99. The molecule has 2 rings (SSSR count). The Labute approximate surface area is 98.9 Å². The van der Waals surface area contributed by atoms with Gasteiger partial charge >= 0.3 is 0 Å². The van der Waals surface area contributed by atoms with Crippen molar-refractivity contribution in [3.05, 3.63) is 17.7 Å². The second-order valence-corrected chi connectivity index (χ2v) is 5.21. The molecule has 1 heterocycles. The van der Waals surface area contributed by atoms with Crippen LogP contribution in [-0.2, 0) is 0 Å². The predicted octanol–water partition coefficient (Wildman–Crippen LogP) is 2.91. The Kier molecular flexibility index (Phi) is 3.49. The fourth-order valence-corrected chi connectivity index (χ4v) is 3.04. The van der Waals surface area contributed by atoms with Crippen molar-refractivity contribution in [3.63, 3.8) is 0 Å². The molecule has 0 radical (unpaired) electrons. The van der Waals surface area contributed by atoms with Crippen molar-refractivity contribution in [1.82, 2.24) is 0 Å². The number of hydrogen-bond donors (Lipinski definition) is 1. The minimum atomic E-state index is 0.132. The topological polar surface area (TPSA) is 35.2 Å². The molecule has 0 fully saturated rings. The van der Waals surface area contributed by atoms with Crippen molar-refractivity contribution in [2.75, 3.05) is 19.1 Å². The summed E-state index contributed by atoms with van der Waals surface area (Å²) >= 11 is 3.48. The van der Waals surface area contributed by atoms with Crippen LogP contribution in [0.2, 0.25) is 0 Å². The Morgan fingerprint density at radius 3 is 2.80 bits per heavy atom. The third kappa shape index (κ3) is 2.12. The zero-order valence-electron chi connectivity index (χ0n) is 8.95. The molecular weight excluding hydrogens is 226 g/mol. The van der Waals surface area contributed by atoms with Gasteiger partial charge < -0.3 is 10.5 Å². The van der Waals surface area contributed by atoms with Gasteiger partial charge in [-0.15, -0.1) is 23.5 Å². The molecule has 0 aromatic heterocycles. The molecule has 2 N–H and O–H groups in total. The first-order chi connectivity index (χ1) is 7.26. The normalized spacial score (nSPS) is 19.5. The fraction of sp³-hybridized carbons (Fsp3) is 0.455. The second kappa shape index (κ2) is 4.68. The van der Waals surface area contributed by atoms with Crippen LogP contribution in [0, 0.1) is 0 Å². The van der Waals surface area contributed by atoms with Gasteiger partial charge in [-0.2, -0.15) is 0 Å². The summed E-state index contributed by atoms with van der Waals surface area (Å²) in [5.74, 6) is 0.977. The Morgan fingerprint density at radius 1 is 1.33 bits per heavy atom. The molecule has 4 heteroatoms. The molecule has 0 bridgehead atoms. The molecule has 0 saturated heterocycles. The molecule has 1 unspecified atom stereocenters. The highest BCUT2D eigenvalue weighted by Gasteiger charge is 2.22. The van der Waals surface area contributed by atoms with Gasteiger partial charge in [-0.25, -0.2) is 0 Å². The molecule has 0 saturated carbocycles. The highest BCUT2D eigenvalue weighted by Crippen LogP contribution is 2.40. The summed E-state index contributed by atoms with van der Waals surface area (Å²) in [5.41, 5.74) is 7.30. The number of thioether (sulfide) groups is 2. The van der Waals surface area contributed by atoms with Gasteiger partial charge in [0.05, 0.1) is 6.61 Å². The Bertz CT molecular complexity index is 351. The molecule has 1 aromatic rings. The van der Waals surface area contributed by atoms with Crippen LogP contribution in [0.4, 0.5) is 0 Å². The maximum Gasteiger partial charge on any atom is 0.126 e. The van der Waals surface area contributed by atoms with E-state index >= 15 is 0 Å². The molecule has 82 valence electrons. The van der Waals surface area contributed by atoms with Crippen molar-refractivity contribution in [2.45, 2.75) is 22.3 Å². The summed E-state index contributed by atoms with van der Waals surface area (Å²) in [4.78, 5) is 2.50. The van der Waals surface area contributed by atoms with E-state index < -0.39 is 0 Å².